The SMILES string of the molecule is Cc1nc2cnccn2c1-c1cc(N2CCOCC2)ncn1. The molecule has 3 aromatic heterocycles. The van der Waals surface area contributed by atoms with Crippen molar-refractivity contribution in [3.63, 3.8) is 0 Å². The minimum atomic E-state index is 0.736. The Kier molecular flexibility index (Phi) is 3.19. The van der Waals surface area contributed by atoms with E-state index < -0.39 is 0 Å². The number of fused-ring (bicyclic) bond motifs is 1. The molecule has 0 atom stereocenters. The Morgan fingerprint density at radius 1 is 1.18 bits per heavy atom. The molecule has 1 saturated heterocycles. The van der Waals surface area contributed by atoms with Crippen LogP contribution in [0.2, 0.25) is 0 Å². The molecule has 4 heterocycles. The topological polar surface area (TPSA) is 68.4 Å². The molecule has 1 aliphatic heterocycles. The Bertz CT molecular complexity index is 809. The molecule has 4 rings (SSSR count). The van der Waals surface area contributed by atoms with Gasteiger partial charge in [0.05, 0.1) is 36.5 Å². The van der Waals surface area contributed by atoms with E-state index in [1.165, 1.54) is 0 Å². The highest BCUT2D eigenvalue weighted by molar-refractivity contribution is 5.65. The van der Waals surface area contributed by atoms with Gasteiger partial charge >= 0.3 is 0 Å². The normalized spacial score (nSPS) is 15.4. The zero-order valence-electron chi connectivity index (χ0n) is 12.3. The molecule has 0 aliphatic carbocycles. The summed E-state index contributed by atoms with van der Waals surface area (Å²) in [4.78, 5) is 19.7. The van der Waals surface area contributed by atoms with Gasteiger partial charge in [0.25, 0.3) is 0 Å². The van der Waals surface area contributed by atoms with E-state index in [2.05, 4.69) is 24.8 Å². The van der Waals surface area contributed by atoms with Crippen molar-refractivity contribution in [3.8, 4) is 11.4 Å². The Hall–Kier alpha value is -2.54. The van der Waals surface area contributed by atoms with Gasteiger partial charge in [-0.05, 0) is 6.92 Å². The number of rotatable bonds is 2. The van der Waals surface area contributed by atoms with Crippen molar-refractivity contribution in [1.29, 1.82) is 0 Å². The minimum absolute atomic E-state index is 0.736. The first-order chi connectivity index (χ1) is 10.8. The van der Waals surface area contributed by atoms with Crippen LogP contribution in [0.3, 0.4) is 0 Å². The van der Waals surface area contributed by atoms with Gasteiger partial charge in [0, 0.05) is 31.5 Å². The number of aromatic nitrogens is 5. The summed E-state index contributed by atoms with van der Waals surface area (Å²) in [6.07, 6.45) is 7.02. The van der Waals surface area contributed by atoms with Gasteiger partial charge in [-0.25, -0.2) is 15.0 Å². The summed E-state index contributed by atoms with van der Waals surface area (Å²) in [7, 11) is 0. The summed E-state index contributed by atoms with van der Waals surface area (Å²) in [6, 6.07) is 2.02. The third kappa shape index (κ3) is 2.19. The second-order valence-corrected chi connectivity index (χ2v) is 5.21. The summed E-state index contributed by atoms with van der Waals surface area (Å²) >= 11 is 0. The molecule has 22 heavy (non-hydrogen) atoms. The van der Waals surface area contributed by atoms with Crippen molar-refractivity contribution >= 4 is 11.5 Å². The molecule has 1 fully saturated rings. The van der Waals surface area contributed by atoms with Gasteiger partial charge in [-0.1, -0.05) is 0 Å². The maximum atomic E-state index is 5.39. The number of aryl methyl sites for hydroxylation is 1. The molecule has 0 amide bonds. The van der Waals surface area contributed by atoms with Gasteiger partial charge < -0.3 is 9.64 Å². The molecule has 7 nitrogen and oxygen atoms in total. The number of nitrogens with zero attached hydrogens (tertiary/aromatic N) is 6. The lowest BCUT2D eigenvalue weighted by Crippen LogP contribution is -2.36. The molecule has 0 bridgehead atoms. The smallest absolute Gasteiger partial charge is 0.156 e. The second kappa shape index (κ2) is 5.34. The molecular formula is C15H16N6O. The summed E-state index contributed by atoms with van der Waals surface area (Å²) in [5, 5.41) is 0. The zero-order chi connectivity index (χ0) is 14.9. The van der Waals surface area contributed by atoms with Crippen molar-refractivity contribution in [2.45, 2.75) is 6.92 Å². The molecule has 0 radical (unpaired) electrons. The molecule has 1 aliphatic rings. The fraction of sp³-hybridized carbons (Fsp3) is 0.333. The fourth-order valence-electron chi connectivity index (χ4n) is 2.78. The molecule has 0 spiro atoms. The van der Waals surface area contributed by atoms with E-state index in [1.807, 2.05) is 23.6 Å². The average molecular weight is 296 g/mol. The van der Waals surface area contributed by atoms with Crippen LogP contribution >= 0.6 is 0 Å². The molecule has 7 heteroatoms. The zero-order valence-corrected chi connectivity index (χ0v) is 12.3. The lowest BCUT2D eigenvalue weighted by atomic mass is 10.2. The molecule has 0 N–H and O–H groups in total. The minimum Gasteiger partial charge on any atom is -0.378 e. The van der Waals surface area contributed by atoms with Crippen molar-refractivity contribution in [1.82, 2.24) is 24.3 Å². The van der Waals surface area contributed by atoms with E-state index in [-0.39, 0.29) is 0 Å². The highest BCUT2D eigenvalue weighted by Crippen LogP contribution is 2.25. The standard InChI is InChI=1S/C15H16N6O/c1-11-15(21-3-2-16-9-14(21)19-11)12-8-13(18-10-17-12)20-4-6-22-7-5-20/h2-3,8-10H,4-7H2,1H3. The van der Waals surface area contributed by atoms with Gasteiger partial charge in [-0.3, -0.25) is 9.38 Å². The van der Waals surface area contributed by atoms with E-state index in [4.69, 9.17) is 4.74 Å². The van der Waals surface area contributed by atoms with Crippen LogP contribution in [-0.4, -0.2) is 50.6 Å². The van der Waals surface area contributed by atoms with Crippen LogP contribution in [0.5, 0.6) is 0 Å². The lowest BCUT2D eigenvalue weighted by Gasteiger charge is -2.27. The van der Waals surface area contributed by atoms with Gasteiger partial charge in [0.1, 0.15) is 12.1 Å². The van der Waals surface area contributed by atoms with Crippen molar-refractivity contribution in [2.24, 2.45) is 0 Å². The summed E-state index contributed by atoms with van der Waals surface area (Å²) in [6.45, 7) is 5.16. The average Bonchev–Trinajstić information content (AvgIpc) is 2.91. The Labute approximate surface area is 127 Å². The maximum absolute atomic E-state index is 5.39. The van der Waals surface area contributed by atoms with Crippen LogP contribution < -0.4 is 4.90 Å². The largest absolute Gasteiger partial charge is 0.378 e. The van der Waals surface area contributed by atoms with Gasteiger partial charge in [-0.15, -0.1) is 0 Å². The Morgan fingerprint density at radius 3 is 2.91 bits per heavy atom. The van der Waals surface area contributed by atoms with Crippen molar-refractivity contribution < 1.29 is 4.74 Å². The molecule has 0 aromatic carbocycles. The summed E-state index contributed by atoms with van der Waals surface area (Å²) in [5.41, 5.74) is 3.60. The van der Waals surface area contributed by atoms with Crippen molar-refractivity contribution in [2.75, 3.05) is 31.2 Å². The third-order valence-corrected chi connectivity index (χ3v) is 3.83. The number of hydrogen-bond donors (Lipinski definition) is 0. The molecular weight excluding hydrogens is 280 g/mol. The van der Waals surface area contributed by atoms with Gasteiger partial charge in [-0.2, -0.15) is 0 Å². The number of hydrogen-bond acceptors (Lipinski definition) is 6. The highest BCUT2D eigenvalue weighted by atomic mass is 16.5. The van der Waals surface area contributed by atoms with Crippen LogP contribution in [0.4, 0.5) is 5.82 Å². The first-order valence-corrected chi connectivity index (χ1v) is 7.27. The van der Waals surface area contributed by atoms with E-state index >= 15 is 0 Å². The molecule has 3 aromatic rings. The van der Waals surface area contributed by atoms with Crippen molar-refractivity contribution in [3.05, 3.63) is 36.7 Å². The summed E-state index contributed by atoms with van der Waals surface area (Å²) < 4.78 is 7.40. The number of ether oxygens (including phenoxy) is 1. The van der Waals surface area contributed by atoms with Gasteiger partial charge in [0.2, 0.25) is 0 Å². The van der Waals surface area contributed by atoms with Gasteiger partial charge in [0.15, 0.2) is 5.65 Å². The predicted molar refractivity (Wildman–Crippen MR) is 81.8 cm³/mol. The first-order valence-electron chi connectivity index (χ1n) is 7.27. The monoisotopic (exact) mass is 296 g/mol. The second-order valence-electron chi connectivity index (χ2n) is 5.21. The van der Waals surface area contributed by atoms with E-state index in [9.17, 15) is 0 Å². The van der Waals surface area contributed by atoms with E-state index in [1.54, 1.807) is 18.7 Å². The molecule has 0 unspecified atom stereocenters. The Morgan fingerprint density at radius 2 is 2.05 bits per heavy atom. The summed E-state index contributed by atoms with van der Waals surface area (Å²) in [5.74, 6) is 0.928. The lowest BCUT2D eigenvalue weighted by molar-refractivity contribution is 0.122. The number of imidazole rings is 1. The quantitative estimate of drug-likeness (QED) is 0.710. The highest BCUT2D eigenvalue weighted by Gasteiger charge is 2.16. The number of morpholine rings is 1. The first kappa shape index (κ1) is 13.1. The van der Waals surface area contributed by atoms with Crippen LogP contribution in [0.25, 0.3) is 17.0 Å². The Balaban J connectivity index is 1.80. The number of anilines is 1. The van der Waals surface area contributed by atoms with Crippen LogP contribution in [0, 0.1) is 6.92 Å². The third-order valence-electron chi connectivity index (χ3n) is 3.83. The van der Waals surface area contributed by atoms with E-state index in [0.717, 1.165) is 54.9 Å². The predicted octanol–water partition coefficient (Wildman–Crippen LogP) is 1.33. The van der Waals surface area contributed by atoms with E-state index in [0.29, 0.717) is 0 Å². The van der Waals surface area contributed by atoms with Crippen LogP contribution in [-0.2, 0) is 4.74 Å². The fourth-order valence-corrected chi connectivity index (χ4v) is 2.78. The molecule has 112 valence electrons. The molecule has 0 saturated carbocycles. The van der Waals surface area contributed by atoms with Crippen LogP contribution in [0.15, 0.2) is 31.0 Å². The van der Waals surface area contributed by atoms with Crippen LogP contribution in [0.1, 0.15) is 5.69 Å². The maximum Gasteiger partial charge on any atom is 0.156 e.